The van der Waals surface area contributed by atoms with Crippen molar-refractivity contribution < 1.29 is 28.9 Å². The summed E-state index contributed by atoms with van der Waals surface area (Å²) in [5.74, 6) is 0.146. The van der Waals surface area contributed by atoms with E-state index in [2.05, 4.69) is 0 Å². The molecule has 1 saturated heterocycles. The summed E-state index contributed by atoms with van der Waals surface area (Å²) in [6.07, 6.45) is 0.674. The number of hydrogen-bond acceptors (Lipinski definition) is 7. The summed E-state index contributed by atoms with van der Waals surface area (Å²) in [7, 11) is 5.44. The molecule has 0 radical (unpaired) electrons. The van der Waals surface area contributed by atoms with Crippen molar-refractivity contribution in [3.8, 4) is 17.2 Å². The minimum Gasteiger partial charge on any atom is -0.507 e. The second kappa shape index (κ2) is 11.8. The van der Waals surface area contributed by atoms with E-state index in [4.69, 9.17) is 14.2 Å². The first-order valence-electron chi connectivity index (χ1n) is 11.8. The van der Waals surface area contributed by atoms with Gasteiger partial charge in [0.25, 0.3) is 11.7 Å². The van der Waals surface area contributed by atoms with Crippen LogP contribution in [-0.2, 0) is 9.59 Å². The number of carbonyl (C=O) groups is 2. The summed E-state index contributed by atoms with van der Waals surface area (Å²) in [5.41, 5.74) is 1.14. The smallest absolute Gasteiger partial charge is 0.295 e. The van der Waals surface area contributed by atoms with Crippen LogP contribution in [0.4, 0.5) is 0 Å². The number of amides is 1. The lowest BCUT2D eigenvalue weighted by Crippen LogP contribution is -2.32. The summed E-state index contributed by atoms with van der Waals surface area (Å²) in [6, 6.07) is 11.4. The minimum absolute atomic E-state index is 0.0511. The van der Waals surface area contributed by atoms with Gasteiger partial charge in [0.2, 0.25) is 0 Å². The molecule has 1 unspecified atom stereocenters. The van der Waals surface area contributed by atoms with Crippen LogP contribution in [0.1, 0.15) is 37.4 Å². The van der Waals surface area contributed by atoms with Crippen LogP contribution in [0.5, 0.6) is 17.2 Å². The highest BCUT2D eigenvalue weighted by Crippen LogP contribution is 2.42. The Morgan fingerprint density at radius 3 is 2.29 bits per heavy atom. The highest BCUT2D eigenvalue weighted by Gasteiger charge is 2.46. The van der Waals surface area contributed by atoms with Gasteiger partial charge in [-0.25, -0.2) is 0 Å². The Morgan fingerprint density at radius 1 is 1.00 bits per heavy atom. The molecule has 0 saturated carbocycles. The van der Waals surface area contributed by atoms with Crippen molar-refractivity contribution >= 4 is 17.4 Å². The monoisotopic (exact) mass is 482 g/mol. The van der Waals surface area contributed by atoms with E-state index in [9.17, 15) is 14.7 Å². The van der Waals surface area contributed by atoms with Crippen LogP contribution >= 0.6 is 0 Å². The lowest BCUT2D eigenvalue weighted by Gasteiger charge is -2.26. The van der Waals surface area contributed by atoms with Crippen LogP contribution in [0.2, 0.25) is 0 Å². The van der Waals surface area contributed by atoms with Gasteiger partial charge in [-0.2, -0.15) is 0 Å². The summed E-state index contributed by atoms with van der Waals surface area (Å²) in [4.78, 5) is 29.9. The number of hydrogen-bond donors (Lipinski definition) is 1. The van der Waals surface area contributed by atoms with Gasteiger partial charge in [0, 0.05) is 12.1 Å². The number of likely N-dealkylation sites (tertiary alicyclic amines) is 1. The summed E-state index contributed by atoms with van der Waals surface area (Å²) >= 11 is 0. The fourth-order valence-electron chi connectivity index (χ4n) is 4.17. The lowest BCUT2D eigenvalue weighted by atomic mass is 9.95. The van der Waals surface area contributed by atoms with E-state index in [-0.39, 0.29) is 11.3 Å². The Bertz CT molecular complexity index is 1080. The zero-order valence-corrected chi connectivity index (χ0v) is 21.0. The van der Waals surface area contributed by atoms with E-state index in [0.717, 1.165) is 6.54 Å². The molecule has 2 aromatic rings. The average Bonchev–Trinajstić information content (AvgIpc) is 3.09. The van der Waals surface area contributed by atoms with E-state index in [1.807, 2.05) is 32.8 Å². The topological polar surface area (TPSA) is 88.5 Å². The van der Waals surface area contributed by atoms with Crippen LogP contribution < -0.4 is 14.2 Å². The summed E-state index contributed by atoms with van der Waals surface area (Å²) in [6.45, 7) is 5.87. The van der Waals surface area contributed by atoms with Crippen molar-refractivity contribution in [2.75, 3.05) is 47.5 Å². The quantitative estimate of drug-likeness (QED) is 0.296. The molecule has 1 atom stereocenters. The first kappa shape index (κ1) is 26.1. The molecule has 0 aromatic heterocycles. The van der Waals surface area contributed by atoms with Crippen molar-refractivity contribution in [3.63, 3.8) is 0 Å². The summed E-state index contributed by atoms with van der Waals surface area (Å²) < 4.78 is 16.6. The van der Waals surface area contributed by atoms with Crippen molar-refractivity contribution in [3.05, 3.63) is 59.2 Å². The van der Waals surface area contributed by atoms with Gasteiger partial charge in [-0.05, 0) is 82.9 Å². The Morgan fingerprint density at radius 2 is 1.69 bits per heavy atom. The SMILES string of the molecule is CCOc1ccc(C(O)=C2C(=O)C(=O)N(CCCN(C)C)C2c2ccc(OCC)c(OC)c2)cc1. The number of Topliss-reactive ketones (excluding diaryl/α,β-unsaturated/α-hetero) is 1. The van der Waals surface area contributed by atoms with Crippen LogP contribution in [0.3, 0.4) is 0 Å². The van der Waals surface area contributed by atoms with E-state index in [1.165, 1.54) is 12.0 Å². The highest BCUT2D eigenvalue weighted by atomic mass is 16.5. The molecule has 1 aliphatic rings. The fourth-order valence-corrected chi connectivity index (χ4v) is 4.17. The van der Waals surface area contributed by atoms with Crippen molar-refractivity contribution in [1.82, 2.24) is 9.80 Å². The number of benzene rings is 2. The molecule has 1 fully saturated rings. The normalized spacial score (nSPS) is 17.2. The van der Waals surface area contributed by atoms with Crippen LogP contribution in [-0.4, -0.2) is 74.1 Å². The van der Waals surface area contributed by atoms with Gasteiger partial charge < -0.3 is 29.1 Å². The third-order valence-electron chi connectivity index (χ3n) is 5.79. The molecule has 188 valence electrons. The molecular weight excluding hydrogens is 448 g/mol. The average molecular weight is 483 g/mol. The number of ether oxygens (including phenoxy) is 3. The maximum Gasteiger partial charge on any atom is 0.295 e. The molecule has 1 amide bonds. The Labute approximate surface area is 206 Å². The van der Waals surface area contributed by atoms with Gasteiger partial charge in [0.15, 0.2) is 11.5 Å². The number of aliphatic hydroxyl groups is 1. The van der Waals surface area contributed by atoms with Crippen LogP contribution in [0.15, 0.2) is 48.0 Å². The molecule has 1 N–H and O–H groups in total. The molecule has 8 heteroatoms. The van der Waals surface area contributed by atoms with Crippen LogP contribution in [0, 0.1) is 0 Å². The number of nitrogens with zero attached hydrogens (tertiary/aromatic N) is 2. The Kier molecular flexibility index (Phi) is 8.76. The highest BCUT2D eigenvalue weighted by molar-refractivity contribution is 6.46. The van der Waals surface area contributed by atoms with E-state index < -0.39 is 17.7 Å². The molecule has 8 nitrogen and oxygen atoms in total. The third kappa shape index (κ3) is 5.77. The number of methoxy groups -OCH3 is 1. The lowest BCUT2D eigenvalue weighted by molar-refractivity contribution is -0.139. The van der Waals surface area contributed by atoms with Gasteiger partial charge in [-0.1, -0.05) is 6.07 Å². The van der Waals surface area contributed by atoms with Gasteiger partial charge in [0.05, 0.1) is 31.9 Å². The van der Waals surface area contributed by atoms with Crippen molar-refractivity contribution in [1.29, 1.82) is 0 Å². The molecule has 1 aliphatic heterocycles. The zero-order chi connectivity index (χ0) is 25.5. The standard InChI is InChI=1S/C27H34N2O6/c1-6-34-20-12-9-18(10-13-20)25(30)23-24(19-11-14-21(35-7-2)22(17-19)33-5)29(27(32)26(23)31)16-8-15-28(3)4/h9-14,17,24,30H,6-8,15-16H2,1-5H3. The van der Waals surface area contributed by atoms with Crippen molar-refractivity contribution in [2.45, 2.75) is 26.3 Å². The Balaban J connectivity index is 2.10. The molecule has 2 aromatic carbocycles. The number of ketones is 1. The van der Waals surface area contributed by atoms with Gasteiger partial charge in [-0.3, -0.25) is 9.59 Å². The van der Waals surface area contributed by atoms with E-state index in [0.29, 0.717) is 54.6 Å². The predicted octanol–water partition coefficient (Wildman–Crippen LogP) is 3.87. The van der Waals surface area contributed by atoms with E-state index >= 15 is 0 Å². The molecule has 0 bridgehead atoms. The molecular formula is C27H34N2O6. The van der Waals surface area contributed by atoms with Crippen molar-refractivity contribution in [2.24, 2.45) is 0 Å². The molecule has 0 spiro atoms. The van der Waals surface area contributed by atoms with Crippen LogP contribution in [0.25, 0.3) is 5.76 Å². The predicted molar refractivity (Wildman–Crippen MR) is 134 cm³/mol. The summed E-state index contributed by atoms with van der Waals surface area (Å²) in [5, 5.41) is 11.2. The number of carbonyl (C=O) groups excluding carboxylic acids is 2. The fraction of sp³-hybridized carbons (Fsp3) is 0.407. The molecule has 35 heavy (non-hydrogen) atoms. The van der Waals surface area contributed by atoms with Gasteiger partial charge >= 0.3 is 0 Å². The first-order valence-corrected chi connectivity index (χ1v) is 11.8. The zero-order valence-electron chi connectivity index (χ0n) is 21.0. The maximum absolute atomic E-state index is 13.2. The largest absolute Gasteiger partial charge is 0.507 e. The number of aliphatic hydroxyl groups excluding tert-OH is 1. The second-order valence-corrected chi connectivity index (χ2v) is 8.45. The third-order valence-corrected chi connectivity index (χ3v) is 5.79. The molecule has 1 heterocycles. The first-order chi connectivity index (χ1) is 16.8. The van der Waals surface area contributed by atoms with Gasteiger partial charge in [0.1, 0.15) is 11.5 Å². The second-order valence-electron chi connectivity index (χ2n) is 8.45. The van der Waals surface area contributed by atoms with Gasteiger partial charge in [-0.15, -0.1) is 0 Å². The number of rotatable bonds is 11. The molecule has 0 aliphatic carbocycles. The maximum atomic E-state index is 13.2. The Hall–Kier alpha value is -3.52. The minimum atomic E-state index is -0.756. The molecule has 3 rings (SSSR count). The van der Waals surface area contributed by atoms with E-state index in [1.54, 1.807) is 42.5 Å².